The summed E-state index contributed by atoms with van der Waals surface area (Å²) in [6, 6.07) is 13.9. The van der Waals surface area contributed by atoms with Crippen molar-refractivity contribution < 1.29 is 35.5 Å². The molecule has 0 saturated carbocycles. The number of rotatable bonds is 6. The van der Waals surface area contributed by atoms with Crippen LogP contribution in [0, 0.1) is 23.3 Å². The topological polar surface area (TPSA) is 9.23 Å². The van der Waals surface area contributed by atoms with Gasteiger partial charge in [-0.25, -0.2) is 17.6 Å². The summed E-state index contributed by atoms with van der Waals surface area (Å²) in [5.74, 6) is -4.41. The van der Waals surface area contributed by atoms with Gasteiger partial charge in [0.25, 0.3) is 0 Å². The molecule has 8 heteroatoms. The Bertz CT molecular complexity index is 1370. The van der Waals surface area contributed by atoms with Crippen LogP contribution < -0.4 is 0 Å². The first-order chi connectivity index (χ1) is 16.6. The predicted molar refractivity (Wildman–Crippen MR) is 119 cm³/mol. The highest BCUT2D eigenvalue weighted by Crippen LogP contribution is 2.34. The molecule has 0 aromatic heterocycles. The van der Waals surface area contributed by atoms with Crippen molar-refractivity contribution in [1.82, 2.24) is 0 Å². The SMILES string of the molecule is COCc1ccc(-c2ccc3c(F)c(CCc4cc(F)c(C(F)(F)F)c(F)c4)ccc3c2)c(F)c1. The number of fused-ring (bicyclic) bond motifs is 1. The summed E-state index contributed by atoms with van der Waals surface area (Å²) < 4.78 is 101. The first-order valence-corrected chi connectivity index (χ1v) is 10.6. The van der Waals surface area contributed by atoms with Gasteiger partial charge < -0.3 is 4.74 Å². The van der Waals surface area contributed by atoms with E-state index in [1.165, 1.54) is 25.3 Å². The number of ether oxygens (including phenoxy) is 1. The molecule has 0 spiro atoms. The standard InChI is InChI=1S/C27H19F7O/c1-35-14-16-3-8-20(22(28)12-16)18-7-9-21-19(13-18)6-5-17(26(21)31)4-2-15-10-23(29)25(24(30)11-15)27(32,33)34/h3,5-13H,2,4,14H2,1H3. The molecule has 4 aromatic rings. The number of methoxy groups -OCH3 is 1. The lowest BCUT2D eigenvalue weighted by Crippen LogP contribution is -2.12. The van der Waals surface area contributed by atoms with E-state index in [4.69, 9.17) is 4.74 Å². The highest BCUT2D eigenvalue weighted by Gasteiger charge is 2.37. The molecule has 0 aliphatic rings. The lowest BCUT2D eigenvalue weighted by molar-refractivity contribution is -0.142. The minimum atomic E-state index is -5.15. The smallest absolute Gasteiger partial charge is 0.380 e. The number of benzene rings is 4. The van der Waals surface area contributed by atoms with E-state index in [1.807, 2.05) is 0 Å². The van der Waals surface area contributed by atoms with Crippen molar-refractivity contribution in [3.63, 3.8) is 0 Å². The lowest BCUT2D eigenvalue weighted by atomic mass is 9.96. The van der Waals surface area contributed by atoms with Gasteiger partial charge in [0.1, 0.15) is 28.8 Å². The van der Waals surface area contributed by atoms with Crippen LogP contribution >= 0.6 is 0 Å². The van der Waals surface area contributed by atoms with Crippen LogP contribution in [0.25, 0.3) is 21.9 Å². The van der Waals surface area contributed by atoms with Gasteiger partial charge in [0.05, 0.1) is 6.61 Å². The van der Waals surface area contributed by atoms with Crippen molar-refractivity contribution in [3.8, 4) is 11.1 Å². The summed E-state index contributed by atoms with van der Waals surface area (Å²) in [6.45, 7) is 0.272. The average Bonchev–Trinajstić information content (AvgIpc) is 2.77. The largest absolute Gasteiger partial charge is 0.422 e. The summed E-state index contributed by atoms with van der Waals surface area (Å²) in [5, 5.41) is 0.795. The number of alkyl halides is 3. The van der Waals surface area contributed by atoms with Crippen LogP contribution in [-0.4, -0.2) is 7.11 Å². The Hall–Kier alpha value is -3.39. The van der Waals surface area contributed by atoms with Crippen LogP contribution in [0.1, 0.15) is 22.3 Å². The van der Waals surface area contributed by atoms with Crippen LogP contribution in [-0.2, 0) is 30.4 Å². The van der Waals surface area contributed by atoms with Gasteiger partial charge in [-0.15, -0.1) is 0 Å². The monoisotopic (exact) mass is 492 g/mol. The molecule has 182 valence electrons. The van der Waals surface area contributed by atoms with Gasteiger partial charge in [0.15, 0.2) is 0 Å². The van der Waals surface area contributed by atoms with Gasteiger partial charge >= 0.3 is 6.18 Å². The molecule has 0 atom stereocenters. The van der Waals surface area contributed by atoms with Gasteiger partial charge in [0.2, 0.25) is 0 Å². The molecule has 0 radical (unpaired) electrons. The van der Waals surface area contributed by atoms with Gasteiger partial charge in [-0.3, -0.25) is 0 Å². The third kappa shape index (κ3) is 5.17. The Balaban J connectivity index is 1.58. The van der Waals surface area contributed by atoms with Crippen LogP contribution in [0.2, 0.25) is 0 Å². The van der Waals surface area contributed by atoms with Crippen LogP contribution in [0.15, 0.2) is 60.7 Å². The Morgan fingerprint density at radius 2 is 1.40 bits per heavy atom. The maximum absolute atomic E-state index is 15.1. The molecule has 0 unspecified atom stereocenters. The molecule has 0 aliphatic heterocycles. The predicted octanol–water partition coefficient (Wildman–Crippen LogP) is 8.01. The first kappa shape index (κ1) is 24.7. The van der Waals surface area contributed by atoms with E-state index in [1.54, 1.807) is 30.3 Å². The minimum Gasteiger partial charge on any atom is -0.380 e. The Morgan fingerprint density at radius 1 is 0.714 bits per heavy atom. The lowest BCUT2D eigenvalue weighted by Gasteiger charge is -2.12. The summed E-state index contributed by atoms with van der Waals surface area (Å²) in [7, 11) is 1.51. The Morgan fingerprint density at radius 3 is 2.03 bits per heavy atom. The van der Waals surface area contributed by atoms with Gasteiger partial charge in [-0.2, -0.15) is 13.2 Å². The van der Waals surface area contributed by atoms with Gasteiger partial charge in [0, 0.05) is 18.1 Å². The molecule has 0 aliphatic carbocycles. The highest BCUT2D eigenvalue weighted by atomic mass is 19.4. The fraction of sp³-hybridized carbons (Fsp3) is 0.185. The van der Waals surface area contributed by atoms with Gasteiger partial charge in [-0.1, -0.05) is 36.4 Å². The zero-order valence-corrected chi connectivity index (χ0v) is 18.4. The van der Waals surface area contributed by atoms with Crippen LogP contribution in [0.3, 0.4) is 0 Å². The average molecular weight is 492 g/mol. The summed E-state index contributed by atoms with van der Waals surface area (Å²) in [5.41, 5.74) is -0.141. The van der Waals surface area contributed by atoms with E-state index in [-0.39, 0.29) is 36.0 Å². The van der Waals surface area contributed by atoms with Crippen LogP contribution in [0.5, 0.6) is 0 Å². The maximum atomic E-state index is 15.1. The molecule has 0 saturated heterocycles. The Labute approximate surface area is 196 Å². The fourth-order valence-corrected chi connectivity index (χ4v) is 4.07. The highest BCUT2D eigenvalue weighted by molar-refractivity contribution is 5.88. The zero-order chi connectivity index (χ0) is 25.3. The van der Waals surface area contributed by atoms with Gasteiger partial charge in [-0.05, 0) is 64.7 Å². The number of aryl methyl sites for hydroxylation is 2. The van der Waals surface area contributed by atoms with E-state index in [0.29, 0.717) is 34.2 Å². The molecular formula is C27H19F7O. The van der Waals surface area contributed by atoms with Crippen molar-refractivity contribution in [2.75, 3.05) is 7.11 Å². The van der Waals surface area contributed by atoms with Crippen LogP contribution in [0.4, 0.5) is 30.7 Å². The van der Waals surface area contributed by atoms with Crippen molar-refractivity contribution in [2.45, 2.75) is 25.6 Å². The fourth-order valence-electron chi connectivity index (χ4n) is 4.07. The normalized spacial score (nSPS) is 11.9. The molecule has 4 aromatic carbocycles. The van der Waals surface area contributed by atoms with Crippen molar-refractivity contribution in [1.29, 1.82) is 0 Å². The Kier molecular flexibility index (Phi) is 6.85. The van der Waals surface area contributed by atoms with Crippen molar-refractivity contribution >= 4 is 10.8 Å². The van der Waals surface area contributed by atoms with E-state index < -0.39 is 35.0 Å². The second-order valence-corrected chi connectivity index (χ2v) is 8.15. The van der Waals surface area contributed by atoms with E-state index >= 15 is 4.39 Å². The molecule has 35 heavy (non-hydrogen) atoms. The molecule has 4 rings (SSSR count). The van der Waals surface area contributed by atoms with E-state index in [9.17, 15) is 26.3 Å². The van der Waals surface area contributed by atoms with Crippen molar-refractivity contribution in [2.24, 2.45) is 0 Å². The second-order valence-electron chi connectivity index (χ2n) is 8.15. The van der Waals surface area contributed by atoms with E-state index in [0.717, 1.165) is 0 Å². The first-order valence-electron chi connectivity index (χ1n) is 10.6. The summed E-state index contributed by atoms with van der Waals surface area (Å²) >= 11 is 0. The maximum Gasteiger partial charge on any atom is 0.422 e. The summed E-state index contributed by atoms with van der Waals surface area (Å²) in [6.07, 6.45) is -5.19. The number of halogens is 7. The molecule has 1 nitrogen and oxygen atoms in total. The minimum absolute atomic E-state index is 0.0172. The number of hydrogen-bond donors (Lipinski definition) is 0. The molecule has 0 bridgehead atoms. The summed E-state index contributed by atoms with van der Waals surface area (Å²) in [4.78, 5) is 0. The molecule has 0 fully saturated rings. The quantitative estimate of drug-likeness (QED) is 0.248. The molecule has 0 amide bonds. The zero-order valence-electron chi connectivity index (χ0n) is 18.4. The second kappa shape index (κ2) is 9.70. The molecule has 0 N–H and O–H groups in total. The molecular weight excluding hydrogens is 473 g/mol. The number of hydrogen-bond acceptors (Lipinski definition) is 1. The molecule has 0 heterocycles. The van der Waals surface area contributed by atoms with E-state index in [2.05, 4.69) is 0 Å². The van der Waals surface area contributed by atoms with Crippen molar-refractivity contribution in [3.05, 3.63) is 106 Å². The third-order valence-corrected chi connectivity index (χ3v) is 5.76. The third-order valence-electron chi connectivity index (χ3n) is 5.76.